The Morgan fingerprint density at radius 2 is 1.65 bits per heavy atom. The number of fused-ring (bicyclic) bond motifs is 1. The molecule has 0 radical (unpaired) electrons. The molecule has 7 nitrogen and oxygen atoms in total. The van der Waals surface area contributed by atoms with Crippen molar-refractivity contribution in [3.8, 4) is 5.75 Å². The van der Waals surface area contributed by atoms with Crippen molar-refractivity contribution < 1.29 is 19.1 Å². The number of hydrogen-bond acceptors (Lipinski definition) is 4. The molecule has 1 atom stereocenters. The molecule has 0 aliphatic rings. The minimum Gasteiger partial charge on any atom is -0.497 e. The maximum atomic E-state index is 12.5. The second-order valence-electron chi connectivity index (χ2n) is 7.83. The summed E-state index contributed by atoms with van der Waals surface area (Å²) in [7, 11) is 1.63. The quantitative estimate of drug-likeness (QED) is 0.348. The number of amides is 2. The first-order chi connectivity index (χ1) is 16.6. The Morgan fingerprint density at radius 1 is 0.912 bits per heavy atom. The Balaban J connectivity index is 1.38. The lowest BCUT2D eigenvalue weighted by Gasteiger charge is -2.19. The van der Waals surface area contributed by atoms with Crippen LogP contribution in [-0.4, -0.2) is 37.2 Å². The van der Waals surface area contributed by atoms with E-state index >= 15 is 0 Å². The first-order valence-corrected chi connectivity index (χ1v) is 11.0. The van der Waals surface area contributed by atoms with Crippen LogP contribution >= 0.6 is 0 Å². The third kappa shape index (κ3) is 5.75. The van der Waals surface area contributed by atoms with Crippen LogP contribution in [-0.2, 0) is 16.1 Å². The number of aromatic nitrogens is 1. The normalized spacial score (nSPS) is 11.6. The van der Waals surface area contributed by atoms with Crippen molar-refractivity contribution >= 4 is 22.9 Å². The summed E-state index contributed by atoms with van der Waals surface area (Å²) in [5.41, 5.74) is 4.03. The first-order valence-electron chi connectivity index (χ1n) is 11.0. The van der Waals surface area contributed by atoms with Gasteiger partial charge in [0.1, 0.15) is 12.4 Å². The number of nitrogens with one attached hydrogen (secondary N) is 3. The summed E-state index contributed by atoms with van der Waals surface area (Å²) >= 11 is 0. The number of methoxy groups -OCH3 is 1. The summed E-state index contributed by atoms with van der Waals surface area (Å²) in [5, 5.41) is 6.53. The Bertz CT molecular complexity index is 1240. The Hall–Kier alpha value is -4.26. The van der Waals surface area contributed by atoms with Gasteiger partial charge >= 0.3 is 6.09 Å². The van der Waals surface area contributed by atoms with Crippen molar-refractivity contribution in [2.45, 2.75) is 12.5 Å². The highest BCUT2D eigenvalue weighted by Crippen LogP contribution is 2.31. The van der Waals surface area contributed by atoms with Gasteiger partial charge in [-0.05, 0) is 34.9 Å². The third-order valence-corrected chi connectivity index (χ3v) is 5.62. The van der Waals surface area contributed by atoms with Gasteiger partial charge in [0, 0.05) is 29.6 Å². The van der Waals surface area contributed by atoms with Crippen LogP contribution < -0.4 is 15.4 Å². The summed E-state index contributed by atoms with van der Waals surface area (Å²) in [6.45, 7) is 0.346. The highest BCUT2D eigenvalue weighted by molar-refractivity contribution is 5.85. The fourth-order valence-electron chi connectivity index (χ4n) is 3.83. The molecule has 7 heteroatoms. The molecular weight excluding hydrogens is 430 g/mol. The Kier molecular flexibility index (Phi) is 7.45. The molecule has 4 rings (SSSR count). The van der Waals surface area contributed by atoms with E-state index in [1.165, 1.54) is 0 Å². The van der Waals surface area contributed by atoms with E-state index < -0.39 is 6.09 Å². The molecule has 0 bridgehead atoms. The smallest absolute Gasteiger partial charge is 0.407 e. The van der Waals surface area contributed by atoms with E-state index in [4.69, 9.17) is 9.47 Å². The van der Waals surface area contributed by atoms with Gasteiger partial charge in [-0.25, -0.2) is 4.79 Å². The lowest BCUT2D eigenvalue weighted by atomic mass is 9.91. The number of ether oxygens (including phenoxy) is 2. The SMILES string of the molecule is COc1ccc(C(CNC(=O)CNC(=O)OCc2ccccc2)c2c[nH]c3ccccc23)cc1. The second-order valence-corrected chi connectivity index (χ2v) is 7.83. The topological polar surface area (TPSA) is 92.5 Å². The average molecular weight is 458 g/mol. The van der Waals surface area contributed by atoms with Crippen LogP contribution in [0.5, 0.6) is 5.75 Å². The minimum atomic E-state index is -0.637. The molecule has 0 saturated heterocycles. The molecule has 0 saturated carbocycles. The van der Waals surface area contributed by atoms with Crippen molar-refractivity contribution in [3.63, 3.8) is 0 Å². The monoisotopic (exact) mass is 457 g/mol. The summed E-state index contributed by atoms with van der Waals surface area (Å²) in [5.74, 6) is 0.384. The van der Waals surface area contributed by atoms with Gasteiger partial charge in [0.15, 0.2) is 0 Å². The van der Waals surface area contributed by atoms with Crippen LogP contribution in [0.1, 0.15) is 22.6 Å². The van der Waals surface area contributed by atoms with E-state index in [-0.39, 0.29) is 25.0 Å². The summed E-state index contributed by atoms with van der Waals surface area (Å²) in [4.78, 5) is 27.7. The zero-order valence-corrected chi connectivity index (χ0v) is 18.9. The lowest BCUT2D eigenvalue weighted by molar-refractivity contribution is -0.120. The van der Waals surface area contributed by atoms with Crippen molar-refractivity contribution in [1.29, 1.82) is 0 Å². The van der Waals surface area contributed by atoms with Gasteiger partial charge in [-0.1, -0.05) is 60.7 Å². The van der Waals surface area contributed by atoms with Crippen LogP contribution in [0.25, 0.3) is 10.9 Å². The van der Waals surface area contributed by atoms with Crippen LogP contribution in [0.3, 0.4) is 0 Å². The summed E-state index contributed by atoms with van der Waals surface area (Å²) in [6, 6.07) is 25.2. The fourth-order valence-corrected chi connectivity index (χ4v) is 3.83. The minimum absolute atomic E-state index is 0.0870. The molecule has 0 aliphatic carbocycles. The molecule has 1 aromatic heterocycles. The number of alkyl carbamates (subject to hydrolysis) is 1. The van der Waals surface area contributed by atoms with Crippen molar-refractivity contribution in [3.05, 3.63) is 102 Å². The second kappa shape index (κ2) is 11.0. The average Bonchev–Trinajstić information content (AvgIpc) is 3.31. The molecule has 2 amide bonds. The Morgan fingerprint density at radius 3 is 2.41 bits per heavy atom. The van der Waals surface area contributed by atoms with Gasteiger partial charge in [-0.2, -0.15) is 0 Å². The summed E-state index contributed by atoms with van der Waals surface area (Å²) in [6.07, 6.45) is 1.34. The number of para-hydroxylation sites is 1. The number of carbonyl (C=O) groups excluding carboxylic acids is 2. The van der Waals surface area contributed by atoms with E-state index in [9.17, 15) is 9.59 Å². The fraction of sp³-hybridized carbons (Fsp3) is 0.185. The zero-order chi connectivity index (χ0) is 23.8. The van der Waals surface area contributed by atoms with Crippen molar-refractivity contribution in [2.75, 3.05) is 20.2 Å². The molecule has 4 aromatic rings. The van der Waals surface area contributed by atoms with Gasteiger partial charge in [0.2, 0.25) is 5.91 Å². The van der Waals surface area contributed by atoms with Gasteiger partial charge in [-0.15, -0.1) is 0 Å². The molecule has 0 aliphatic heterocycles. The number of aromatic amines is 1. The predicted molar refractivity (Wildman–Crippen MR) is 131 cm³/mol. The zero-order valence-electron chi connectivity index (χ0n) is 18.9. The molecule has 3 N–H and O–H groups in total. The van der Waals surface area contributed by atoms with E-state index in [2.05, 4.69) is 21.7 Å². The summed E-state index contributed by atoms with van der Waals surface area (Å²) < 4.78 is 10.4. The van der Waals surface area contributed by atoms with Gasteiger partial charge in [0.25, 0.3) is 0 Å². The van der Waals surface area contributed by atoms with Crippen LogP contribution in [0.4, 0.5) is 4.79 Å². The third-order valence-electron chi connectivity index (χ3n) is 5.62. The highest BCUT2D eigenvalue weighted by Gasteiger charge is 2.19. The molecular formula is C27H27N3O4. The first kappa shape index (κ1) is 22.9. The Labute approximate surface area is 198 Å². The highest BCUT2D eigenvalue weighted by atomic mass is 16.5. The molecule has 3 aromatic carbocycles. The molecule has 34 heavy (non-hydrogen) atoms. The number of carbonyl (C=O) groups is 2. The molecule has 0 spiro atoms. The van der Waals surface area contributed by atoms with E-state index in [1.54, 1.807) is 7.11 Å². The van der Waals surface area contributed by atoms with Crippen molar-refractivity contribution in [2.24, 2.45) is 0 Å². The van der Waals surface area contributed by atoms with Crippen LogP contribution in [0, 0.1) is 0 Å². The molecule has 0 fully saturated rings. The van der Waals surface area contributed by atoms with E-state index in [0.29, 0.717) is 6.54 Å². The van der Waals surface area contributed by atoms with Gasteiger partial charge in [-0.3, -0.25) is 4.79 Å². The number of benzene rings is 3. The van der Waals surface area contributed by atoms with Gasteiger partial charge < -0.3 is 25.1 Å². The lowest BCUT2D eigenvalue weighted by Crippen LogP contribution is -2.38. The number of rotatable bonds is 9. The maximum absolute atomic E-state index is 12.5. The van der Waals surface area contributed by atoms with E-state index in [1.807, 2.05) is 79.0 Å². The molecule has 174 valence electrons. The maximum Gasteiger partial charge on any atom is 0.407 e. The molecule has 1 heterocycles. The molecule has 1 unspecified atom stereocenters. The van der Waals surface area contributed by atoms with Gasteiger partial charge in [0.05, 0.1) is 13.7 Å². The standard InChI is InChI=1S/C27H27N3O4/c1-33-21-13-11-20(12-14-21)23(24-16-28-25-10-6-5-9-22(24)25)15-29-26(31)17-30-27(32)34-18-19-7-3-2-4-8-19/h2-14,16,23,28H,15,17-18H2,1H3,(H,29,31)(H,30,32). The number of hydrogen-bond donors (Lipinski definition) is 3. The van der Waals surface area contributed by atoms with Crippen molar-refractivity contribution in [1.82, 2.24) is 15.6 Å². The number of H-pyrrole nitrogens is 1. The van der Waals surface area contributed by atoms with E-state index in [0.717, 1.165) is 33.3 Å². The van der Waals surface area contributed by atoms with Crippen LogP contribution in [0.2, 0.25) is 0 Å². The van der Waals surface area contributed by atoms with Crippen LogP contribution in [0.15, 0.2) is 85.1 Å². The largest absolute Gasteiger partial charge is 0.497 e. The predicted octanol–water partition coefficient (Wildman–Crippen LogP) is 4.35.